The average Bonchev–Trinajstić information content (AvgIpc) is 3.15. The van der Waals surface area contributed by atoms with Crippen molar-refractivity contribution in [1.82, 2.24) is 19.7 Å². The van der Waals surface area contributed by atoms with E-state index in [0.717, 1.165) is 28.8 Å². The van der Waals surface area contributed by atoms with Crippen molar-refractivity contribution in [1.29, 1.82) is 0 Å². The van der Waals surface area contributed by atoms with E-state index in [1.807, 2.05) is 16.8 Å². The van der Waals surface area contributed by atoms with Gasteiger partial charge in [-0.05, 0) is 40.5 Å². The Hall–Kier alpha value is -3.28. The highest BCUT2D eigenvalue weighted by Gasteiger charge is 2.41. The SMILES string of the molecule is CC1(C)CC(=O)C2=C(C1)Nc1nc(-c3ccc(C(C)(C)C)cc3)nn1C2c1ccncc1. The number of carbonyl (C=O) groups excluding carboxylic acids is 1. The van der Waals surface area contributed by atoms with Crippen LogP contribution >= 0.6 is 0 Å². The molecule has 6 nitrogen and oxygen atoms in total. The van der Waals surface area contributed by atoms with Crippen LogP contribution < -0.4 is 5.32 Å². The van der Waals surface area contributed by atoms with E-state index in [1.54, 1.807) is 12.4 Å². The highest BCUT2D eigenvalue weighted by atomic mass is 16.1. The first-order valence-corrected chi connectivity index (χ1v) is 11.1. The number of hydrogen-bond donors (Lipinski definition) is 1. The molecule has 2 aliphatic rings. The summed E-state index contributed by atoms with van der Waals surface area (Å²) in [4.78, 5) is 22.3. The predicted octanol–water partition coefficient (Wildman–Crippen LogP) is 5.30. The van der Waals surface area contributed by atoms with Gasteiger partial charge in [-0.1, -0.05) is 58.9 Å². The molecule has 2 aromatic heterocycles. The maximum Gasteiger partial charge on any atom is 0.226 e. The number of benzene rings is 1. The topological polar surface area (TPSA) is 72.7 Å². The molecule has 0 bridgehead atoms. The fraction of sp³-hybridized carbons (Fsp3) is 0.385. The summed E-state index contributed by atoms with van der Waals surface area (Å²) in [5.74, 6) is 1.49. The van der Waals surface area contributed by atoms with Gasteiger partial charge < -0.3 is 5.32 Å². The van der Waals surface area contributed by atoms with Crippen molar-refractivity contribution in [2.45, 2.75) is 58.9 Å². The van der Waals surface area contributed by atoms with Gasteiger partial charge in [0.25, 0.3) is 0 Å². The highest BCUT2D eigenvalue weighted by molar-refractivity contribution is 6.00. The number of anilines is 1. The summed E-state index contributed by atoms with van der Waals surface area (Å²) < 4.78 is 1.86. The Balaban J connectivity index is 1.61. The number of pyridine rings is 1. The molecule has 5 rings (SSSR count). The minimum Gasteiger partial charge on any atom is -0.328 e. The lowest BCUT2D eigenvalue weighted by Gasteiger charge is -2.38. The lowest BCUT2D eigenvalue weighted by atomic mass is 9.73. The average molecular weight is 428 g/mol. The van der Waals surface area contributed by atoms with Crippen LogP contribution in [-0.4, -0.2) is 25.5 Å². The molecule has 3 aromatic rings. The van der Waals surface area contributed by atoms with Crippen LogP contribution in [0.2, 0.25) is 0 Å². The van der Waals surface area contributed by atoms with E-state index in [-0.39, 0.29) is 22.7 Å². The van der Waals surface area contributed by atoms with Crippen LogP contribution in [0.15, 0.2) is 60.1 Å². The Bertz CT molecular complexity index is 1210. The first kappa shape index (κ1) is 20.6. The van der Waals surface area contributed by atoms with Gasteiger partial charge in [-0.2, -0.15) is 4.98 Å². The first-order chi connectivity index (χ1) is 15.1. The van der Waals surface area contributed by atoms with Crippen molar-refractivity contribution >= 4 is 11.7 Å². The van der Waals surface area contributed by atoms with Gasteiger partial charge >= 0.3 is 0 Å². The maximum absolute atomic E-state index is 13.3. The number of ketones is 1. The number of Topliss-reactive ketones (excluding diaryl/α,β-unsaturated/α-hetero) is 1. The Kier molecular flexibility index (Phi) is 4.59. The molecule has 3 heterocycles. The fourth-order valence-electron chi connectivity index (χ4n) is 4.70. The molecule has 1 aliphatic carbocycles. The molecule has 164 valence electrons. The molecule has 0 radical (unpaired) electrons. The summed E-state index contributed by atoms with van der Waals surface area (Å²) in [5, 5.41) is 8.31. The molecule has 1 atom stereocenters. The van der Waals surface area contributed by atoms with E-state index in [4.69, 9.17) is 10.1 Å². The van der Waals surface area contributed by atoms with Crippen molar-refractivity contribution in [3.8, 4) is 11.4 Å². The minimum atomic E-state index is -0.303. The molecule has 1 aliphatic heterocycles. The second-order valence-electron chi connectivity index (χ2n) is 10.7. The monoisotopic (exact) mass is 427 g/mol. The second-order valence-corrected chi connectivity index (χ2v) is 10.7. The molecular formula is C26H29N5O. The van der Waals surface area contributed by atoms with Gasteiger partial charge in [0.1, 0.15) is 6.04 Å². The van der Waals surface area contributed by atoms with Gasteiger partial charge in [-0.15, -0.1) is 5.10 Å². The summed E-state index contributed by atoms with van der Waals surface area (Å²) in [5.41, 5.74) is 4.97. The summed E-state index contributed by atoms with van der Waals surface area (Å²) >= 11 is 0. The third-order valence-electron chi connectivity index (χ3n) is 6.36. The molecule has 1 aromatic carbocycles. The molecule has 0 spiro atoms. The van der Waals surface area contributed by atoms with Gasteiger partial charge in [-0.25, -0.2) is 4.68 Å². The highest BCUT2D eigenvalue weighted by Crippen LogP contribution is 2.45. The zero-order valence-electron chi connectivity index (χ0n) is 19.3. The minimum absolute atomic E-state index is 0.0838. The van der Waals surface area contributed by atoms with Crippen LogP contribution in [0.4, 0.5) is 5.95 Å². The number of nitrogens with one attached hydrogen (secondary N) is 1. The molecule has 1 unspecified atom stereocenters. The van der Waals surface area contributed by atoms with Crippen molar-refractivity contribution in [3.05, 3.63) is 71.2 Å². The van der Waals surface area contributed by atoms with Gasteiger partial charge in [-0.3, -0.25) is 9.78 Å². The van der Waals surface area contributed by atoms with E-state index in [0.29, 0.717) is 18.2 Å². The number of fused-ring (bicyclic) bond motifs is 1. The first-order valence-electron chi connectivity index (χ1n) is 11.1. The van der Waals surface area contributed by atoms with Crippen LogP contribution in [0, 0.1) is 5.41 Å². The molecule has 1 N–H and O–H groups in total. The Labute approximate surface area is 188 Å². The third kappa shape index (κ3) is 3.53. The Morgan fingerprint density at radius 2 is 1.72 bits per heavy atom. The standard InChI is InChI=1S/C26H29N5O/c1-25(2,3)18-8-6-17(7-9-18)23-29-24-28-19-14-26(4,5)15-20(32)21(19)22(31(24)30-23)16-10-12-27-13-11-16/h6-13,22H,14-15H2,1-5H3,(H,28,29,30). The van der Waals surface area contributed by atoms with E-state index in [1.165, 1.54) is 5.56 Å². The number of aromatic nitrogens is 4. The van der Waals surface area contributed by atoms with Gasteiger partial charge in [0.05, 0.1) is 0 Å². The summed E-state index contributed by atoms with van der Waals surface area (Å²) in [6, 6.07) is 12.0. The summed E-state index contributed by atoms with van der Waals surface area (Å²) in [6.07, 6.45) is 4.85. The zero-order valence-corrected chi connectivity index (χ0v) is 19.3. The lowest BCUT2D eigenvalue weighted by molar-refractivity contribution is -0.118. The van der Waals surface area contributed by atoms with E-state index >= 15 is 0 Å². The third-order valence-corrected chi connectivity index (χ3v) is 6.36. The second kappa shape index (κ2) is 7.12. The van der Waals surface area contributed by atoms with Crippen LogP contribution in [0.25, 0.3) is 11.4 Å². The number of allylic oxidation sites excluding steroid dienone is 2. The van der Waals surface area contributed by atoms with E-state index < -0.39 is 0 Å². The Morgan fingerprint density at radius 1 is 1.03 bits per heavy atom. The molecule has 32 heavy (non-hydrogen) atoms. The molecule has 0 fully saturated rings. The maximum atomic E-state index is 13.3. The normalized spacial score (nSPS) is 19.9. The van der Waals surface area contributed by atoms with Crippen molar-refractivity contribution < 1.29 is 4.79 Å². The van der Waals surface area contributed by atoms with Crippen molar-refractivity contribution in [2.75, 3.05) is 5.32 Å². The molecule has 6 heteroatoms. The molecule has 0 saturated heterocycles. The van der Waals surface area contributed by atoms with Crippen LogP contribution in [-0.2, 0) is 10.2 Å². The number of nitrogens with zero attached hydrogens (tertiary/aromatic N) is 4. The van der Waals surface area contributed by atoms with Gasteiger partial charge in [0, 0.05) is 35.6 Å². The molecule has 0 saturated carbocycles. The predicted molar refractivity (Wildman–Crippen MR) is 125 cm³/mol. The van der Waals surface area contributed by atoms with Crippen LogP contribution in [0.5, 0.6) is 0 Å². The number of carbonyl (C=O) groups is 1. The largest absolute Gasteiger partial charge is 0.328 e. The lowest BCUT2D eigenvalue weighted by Crippen LogP contribution is -2.36. The van der Waals surface area contributed by atoms with E-state index in [2.05, 4.69) is 69.2 Å². The summed E-state index contributed by atoms with van der Waals surface area (Å²) in [6.45, 7) is 10.9. The fourth-order valence-corrected chi connectivity index (χ4v) is 4.70. The van der Waals surface area contributed by atoms with E-state index in [9.17, 15) is 4.79 Å². The van der Waals surface area contributed by atoms with Crippen LogP contribution in [0.1, 0.15) is 64.6 Å². The van der Waals surface area contributed by atoms with Crippen molar-refractivity contribution in [2.24, 2.45) is 5.41 Å². The van der Waals surface area contributed by atoms with Gasteiger partial charge in [0.15, 0.2) is 11.6 Å². The Morgan fingerprint density at radius 3 is 2.38 bits per heavy atom. The number of hydrogen-bond acceptors (Lipinski definition) is 5. The molecular weight excluding hydrogens is 398 g/mol. The zero-order chi connectivity index (χ0) is 22.7. The van der Waals surface area contributed by atoms with Crippen LogP contribution in [0.3, 0.4) is 0 Å². The smallest absolute Gasteiger partial charge is 0.226 e. The van der Waals surface area contributed by atoms with Crippen molar-refractivity contribution in [3.63, 3.8) is 0 Å². The quantitative estimate of drug-likeness (QED) is 0.601. The number of rotatable bonds is 2. The summed E-state index contributed by atoms with van der Waals surface area (Å²) in [7, 11) is 0. The molecule has 0 amide bonds. The van der Waals surface area contributed by atoms with Gasteiger partial charge in [0.2, 0.25) is 5.95 Å².